The minimum Gasteiger partial charge on any atom is -0.247 e. The van der Waals surface area contributed by atoms with Gasteiger partial charge < -0.3 is 0 Å². The Labute approximate surface area is 176 Å². The zero-order valence-corrected chi connectivity index (χ0v) is 19.8. The smallest absolute Gasteiger partial charge is 0.247 e. The standard InChI is InChI=1S/C26H50N2/c1-5-7-9-10-11-12-13-14-15-16-17-19-20-24(3)26-27-22-23-28(26)25(4)21-18-8-6-2/h22-25H,5-21H2,1-4H3/p+1. The zero-order valence-electron chi connectivity index (χ0n) is 19.8. The van der Waals surface area contributed by atoms with Crippen LogP contribution in [0.15, 0.2) is 12.4 Å². The van der Waals surface area contributed by atoms with E-state index in [0.717, 1.165) is 0 Å². The maximum atomic E-state index is 3.53. The van der Waals surface area contributed by atoms with Crippen molar-refractivity contribution in [2.75, 3.05) is 0 Å². The van der Waals surface area contributed by atoms with E-state index in [9.17, 15) is 0 Å². The first-order chi connectivity index (χ1) is 13.7. The summed E-state index contributed by atoms with van der Waals surface area (Å²) in [6, 6.07) is 0.622. The molecule has 2 atom stereocenters. The molecule has 0 saturated heterocycles. The van der Waals surface area contributed by atoms with Gasteiger partial charge in [-0.05, 0) is 26.2 Å². The van der Waals surface area contributed by atoms with E-state index >= 15 is 0 Å². The van der Waals surface area contributed by atoms with Gasteiger partial charge in [-0.15, -0.1) is 0 Å². The number of nitrogens with zero attached hydrogens (tertiary/aromatic N) is 1. The highest BCUT2D eigenvalue weighted by Gasteiger charge is 2.21. The van der Waals surface area contributed by atoms with E-state index in [1.165, 1.54) is 115 Å². The average molecular weight is 392 g/mol. The molecular formula is C26H51N2+. The number of hydrogen-bond donors (Lipinski definition) is 1. The molecule has 0 saturated carbocycles. The highest BCUT2D eigenvalue weighted by Crippen LogP contribution is 2.21. The Balaban J connectivity index is 2.08. The molecular weight excluding hydrogens is 340 g/mol. The van der Waals surface area contributed by atoms with Crippen LogP contribution in [-0.2, 0) is 0 Å². The molecule has 0 aromatic carbocycles. The maximum Gasteiger partial charge on any atom is 0.257 e. The second kappa shape index (κ2) is 17.1. The van der Waals surface area contributed by atoms with E-state index in [1.54, 1.807) is 0 Å². The van der Waals surface area contributed by atoms with Gasteiger partial charge in [0.25, 0.3) is 5.82 Å². The lowest BCUT2D eigenvalue weighted by Gasteiger charge is -2.14. The first kappa shape index (κ1) is 25.2. The number of hydrogen-bond acceptors (Lipinski definition) is 0. The molecule has 1 N–H and O–H groups in total. The van der Waals surface area contributed by atoms with Gasteiger partial charge in [0.1, 0.15) is 12.4 Å². The summed E-state index contributed by atoms with van der Waals surface area (Å²) in [5.41, 5.74) is 0. The lowest BCUT2D eigenvalue weighted by Crippen LogP contribution is -2.40. The van der Waals surface area contributed by atoms with Crippen LogP contribution >= 0.6 is 0 Å². The topological polar surface area (TPSA) is 19.7 Å². The number of nitrogens with one attached hydrogen (secondary N) is 1. The normalized spacial score (nSPS) is 13.7. The Kier molecular flexibility index (Phi) is 15.4. The van der Waals surface area contributed by atoms with Crippen molar-refractivity contribution >= 4 is 0 Å². The zero-order chi connectivity index (χ0) is 20.5. The molecule has 2 unspecified atom stereocenters. The van der Waals surface area contributed by atoms with E-state index in [4.69, 9.17) is 0 Å². The van der Waals surface area contributed by atoms with Gasteiger partial charge in [0.15, 0.2) is 0 Å². The summed E-state index contributed by atoms with van der Waals surface area (Å²) in [5.74, 6) is 2.08. The Morgan fingerprint density at radius 3 is 1.71 bits per heavy atom. The van der Waals surface area contributed by atoms with Gasteiger partial charge in [0.2, 0.25) is 0 Å². The molecule has 0 bridgehead atoms. The van der Waals surface area contributed by atoms with Crippen LogP contribution in [-0.4, -0.2) is 4.98 Å². The van der Waals surface area contributed by atoms with Gasteiger partial charge >= 0.3 is 0 Å². The van der Waals surface area contributed by atoms with E-state index < -0.39 is 0 Å². The minimum absolute atomic E-state index is 0.622. The number of H-pyrrole nitrogens is 1. The fraction of sp³-hybridized carbons (Fsp3) is 0.885. The van der Waals surface area contributed by atoms with Gasteiger partial charge in [-0.3, -0.25) is 0 Å². The lowest BCUT2D eigenvalue weighted by atomic mass is 10.00. The van der Waals surface area contributed by atoms with E-state index in [-0.39, 0.29) is 0 Å². The molecule has 0 aliphatic carbocycles. The number of aromatic amines is 1. The predicted octanol–water partition coefficient (Wildman–Crippen LogP) is 8.64. The number of unbranched alkanes of at least 4 members (excludes halogenated alkanes) is 13. The van der Waals surface area contributed by atoms with E-state index in [1.807, 2.05) is 0 Å². The second-order valence-electron chi connectivity index (χ2n) is 9.18. The third-order valence-electron chi connectivity index (χ3n) is 6.40. The van der Waals surface area contributed by atoms with Crippen LogP contribution in [0.4, 0.5) is 0 Å². The molecule has 1 aromatic rings. The van der Waals surface area contributed by atoms with Crippen molar-refractivity contribution in [2.45, 2.75) is 149 Å². The van der Waals surface area contributed by atoms with Gasteiger partial charge in [-0.25, -0.2) is 9.55 Å². The summed E-state index contributed by atoms with van der Waals surface area (Å²) in [4.78, 5) is 3.53. The average Bonchev–Trinajstić information content (AvgIpc) is 3.19. The van der Waals surface area contributed by atoms with Gasteiger partial charge in [-0.2, -0.15) is 0 Å². The first-order valence-electron chi connectivity index (χ1n) is 12.8. The molecule has 0 spiro atoms. The Hall–Kier alpha value is -0.790. The number of aromatic nitrogens is 2. The van der Waals surface area contributed by atoms with Gasteiger partial charge in [-0.1, -0.05) is 111 Å². The molecule has 28 heavy (non-hydrogen) atoms. The monoisotopic (exact) mass is 391 g/mol. The molecule has 0 amide bonds. The van der Waals surface area contributed by atoms with Crippen molar-refractivity contribution < 1.29 is 4.57 Å². The third kappa shape index (κ3) is 11.3. The van der Waals surface area contributed by atoms with Crippen LogP contribution in [0.2, 0.25) is 0 Å². The van der Waals surface area contributed by atoms with Crippen LogP contribution in [0.1, 0.15) is 155 Å². The quantitative estimate of drug-likeness (QED) is 0.180. The largest absolute Gasteiger partial charge is 0.257 e. The molecule has 2 nitrogen and oxygen atoms in total. The lowest BCUT2D eigenvalue weighted by molar-refractivity contribution is -0.727. The van der Waals surface area contributed by atoms with Crippen molar-refractivity contribution in [3.8, 4) is 0 Å². The van der Waals surface area contributed by atoms with Gasteiger partial charge in [0.05, 0.1) is 12.0 Å². The number of rotatable bonds is 19. The van der Waals surface area contributed by atoms with Crippen LogP contribution < -0.4 is 4.57 Å². The van der Waals surface area contributed by atoms with Crippen molar-refractivity contribution in [2.24, 2.45) is 0 Å². The Morgan fingerprint density at radius 1 is 0.679 bits per heavy atom. The van der Waals surface area contributed by atoms with Crippen molar-refractivity contribution in [1.29, 1.82) is 0 Å². The van der Waals surface area contributed by atoms with Crippen LogP contribution in [0.25, 0.3) is 0 Å². The van der Waals surface area contributed by atoms with E-state index in [2.05, 4.69) is 49.6 Å². The maximum absolute atomic E-state index is 3.53. The van der Waals surface area contributed by atoms with Crippen molar-refractivity contribution in [1.82, 2.24) is 4.98 Å². The fourth-order valence-electron chi connectivity index (χ4n) is 4.40. The van der Waals surface area contributed by atoms with Crippen molar-refractivity contribution in [3.05, 3.63) is 18.2 Å². The van der Waals surface area contributed by atoms with Crippen LogP contribution in [0.5, 0.6) is 0 Å². The van der Waals surface area contributed by atoms with Crippen LogP contribution in [0, 0.1) is 0 Å². The second-order valence-corrected chi connectivity index (χ2v) is 9.18. The molecule has 2 heteroatoms. The van der Waals surface area contributed by atoms with Crippen molar-refractivity contribution in [3.63, 3.8) is 0 Å². The molecule has 1 heterocycles. The first-order valence-corrected chi connectivity index (χ1v) is 12.8. The molecule has 164 valence electrons. The summed E-state index contributed by atoms with van der Waals surface area (Å²) in [7, 11) is 0. The highest BCUT2D eigenvalue weighted by molar-refractivity contribution is 4.87. The minimum atomic E-state index is 0.622. The number of imidazole rings is 1. The fourth-order valence-corrected chi connectivity index (χ4v) is 4.40. The van der Waals surface area contributed by atoms with E-state index in [0.29, 0.717) is 12.0 Å². The molecule has 0 fully saturated rings. The highest BCUT2D eigenvalue weighted by atomic mass is 15.1. The summed E-state index contributed by atoms with van der Waals surface area (Å²) in [6.45, 7) is 9.37. The molecule has 1 rings (SSSR count). The molecule has 0 radical (unpaired) electrons. The van der Waals surface area contributed by atoms with Gasteiger partial charge in [0, 0.05) is 0 Å². The summed E-state index contributed by atoms with van der Waals surface area (Å²) in [5, 5.41) is 0. The Bertz CT molecular complexity index is 451. The molecule has 0 aliphatic rings. The molecule has 1 aromatic heterocycles. The summed E-state index contributed by atoms with van der Waals surface area (Å²) >= 11 is 0. The van der Waals surface area contributed by atoms with Crippen LogP contribution in [0.3, 0.4) is 0 Å². The Morgan fingerprint density at radius 2 is 1.14 bits per heavy atom. The molecule has 0 aliphatic heterocycles. The predicted molar refractivity (Wildman–Crippen MR) is 124 cm³/mol. The third-order valence-corrected chi connectivity index (χ3v) is 6.40. The SMILES string of the molecule is CCCCCCCCCCCCCCC(C)c1[nH]cc[n+]1C(C)CCCCC. The summed E-state index contributed by atoms with van der Waals surface area (Å²) in [6.07, 6.45) is 28.2. The summed E-state index contributed by atoms with van der Waals surface area (Å²) < 4.78 is 2.50.